The van der Waals surface area contributed by atoms with E-state index in [-0.39, 0.29) is 0 Å². The molecule has 5 heteroatoms. The zero-order valence-electron chi connectivity index (χ0n) is 18.3. The Morgan fingerprint density at radius 2 is 1.62 bits per heavy atom. The topological polar surface area (TPSA) is 46.3 Å². The fraction of sp³-hybridized carbons (Fsp3) is 0.296. The van der Waals surface area contributed by atoms with Gasteiger partial charge in [-0.25, -0.2) is 9.97 Å². The number of aromatic nitrogens is 4. The minimum absolute atomic E-state index is 0.434. The van der Waals surface area contributed by atoms with Gasteiger partial charge in [-0.2, -0.15) is 0 Å². The molecule has 5 nitrogen and oxygen atoms in total. The average molecular weight is 420 g/mol. The van der Waals surface area contributed by atoms with Gasteiger partial charge in [-0.3, -0.25) is 9.38 Å². The first kappa shape index (κ1) is 18.1. The van der Waals surface area contributed by atoms with Crippen LogP contribution in [-0.2, 0) is 12.8 Å². The number of nitrogens with zero attached hydrogens (tertiary/aromatic N) is 5. The summed E-state index contributed by atoms with van der Waals surface area (Å²) in [4.78, 5) is 16.8. The zero-order chi connectivity index (χ0) is 21.3. The van der Waals surface area contributed by atoms with E-state index in [1.54, 1.807) is 11.1 Å². The second kappa shape index (κ2) is 6.52. The van der Waals surface area contributed by atoms with E-state index >= 15 is 0 Å². The Morgan fingerprint density at radius 1 is 0.844 bits per heavy atom. The fourth-order valence-corrected chi connectivity index (χ4v) is 6.02. The summed E-state index contributed by atoms with van der Waals surface area (Å²) in [6.07, 6.45) is 8.74. The van der Waals surface area contributed by atoms with E-state index in [1.807, 2.05) is 18.5 Å². The molecule has 0 atom stereocenters. The van der Waals surface area contributed by atoms with Crippen molar-refractivity contribution in [3.8, 4) is 11.1 Å². The molecule has 1 saturated heterocycles. The van der Waals surface area contributed by atoms with Gasteiger partial charge in [0.25, 0.3) is 0 Å². The third-order valence-corrected chi connectivity index (χ3v) is 7.75. The van der Waals surface area contributed by atoms with Gasteiger partial charge in [-0.15, -0.1) is 0 Å². The number of fused-ring (bicyclic) bond motifs is 1. The molecule has 0 unspecified atom stereocenters. The highest BCUT2D eigenvalue weighted by atomic mass is 15.2. The molecule has 2 aliphatic rings. The first-order valence-corrected chi connectivity index (χ1v) is 11.5. The molecule has 5 heterocycles. The summed E-state index contributed by atoms with van der Waals surface area (Å²) in [7, 11) is 0. The highest BCUT2D eigenvalue weighted by molar-refractivity contribution is 5.88. The summed E-state index contributed by atoms with van der Waals surface area (Å²) in [5.74, 6) is 1.08. The Kier molecular flexibility index (Phi) is 3.69. The lowest BCUT2D eigenvalue weighted by Crippen LogP contribution is -2.40. The van der Waals surface area contributed by atoms with E-state index in [0.29, 0.717) is 5.41 Å². The third kappa shape index (κ3) is 2.54. The molecule has 4 aromatic heterocycles. The summed E-state index contributed by atoms with van der Waals surface area (Å²) in [5.41, 5.74) is 9.87. The fourth-order valence-electron chi connectivity index (χ4n) is 6.02. The maximum Gasteiger partial charge on any atom is 0.157 e. The van der Waals surface area contributed by atoms with Gasteiger partial charge in [0.2, 0.25) is 0 Å². The molecule has 32 heavy (non-hydrogen) atoms. The number of imidazole rings is 2. The van der Waals surface area contributed by atoms with Crippen LogP contribution >= 0.6 is 0 Å². The van der Waals surface area contributed by atoms with Crippen molar-refractivity contribution >= 4 is 22.6 Å². The Hall–Kier alpha value is -3.47. The number of anilines is 1. The highest BCUT2D eigenvalue weighted by Gasteiger charge is 2.40. The van der Waals surface area contributed by atoms with Gasteiger partial charge in [-0.1, -0.05) is 30.3 Å². The van der Waals surface area contributed by atoms with Gasteiger partial charge in [0.1, 0.15) is 16.8 Å². The van der Waals surface area contributed by atoms with E-state index < -0.39 is 0 Å². The molecule has 0 bridgehead atoms. The molecule has 0 amide bonds. The Morgan fingerprint density at radius 3 is 2.38 bits per heavy atom. The summed E-state index contributed by atoms with van der Waals surface area (Å²) in [6.45, 7) is 4.17. The van der Waals surface area contributed by atoms with Crippen LogP contribution in [0.25, 0.3) is 27.9 Å². The van der Waals surface area contributed by atoms with Crippen molar-refractivity contribution < 1.29 is 0 Å². The van der Waals surface area contributed by atoms with E-state index in [2.05, 4.69) is 63.7 Å². The predicted octanol–water partition coefficient (Wildman–Crippen LogP) is 5.08. The second-order valence-corrected chi connectivity index (χ2v) is 9.59. The van der Waals surface area contributed by atoms with E-state index in [0.717, 1.165) is 52.5 Å². The van der Waals surface area contributed by atoms with Gasteiger partial charge in [0, 0.05) is 36.1 Å². The standard InChI is InChI=1S/C27H25N5/c1-18-21(7-4-12-28-18)22-8-9-24-30-26(23-17-29-25(22)32(23)24)31-13-10-27(11-14-31)15-19-5-2-3-6-20(19)16-27/h2-9,12,17H,10-11,13-16H2,1H3. The van der Waals surface area contributed by atoms with E-state index in [4.69, 9.17) is 9.97 Å². The summed E-state index contributed by atoms with van der Waals surface area (Å²) < 4.78 is 2.22. The predicted molar refractivity (Wildman–Crippen MR) is 127 cm³/mol. The molecular formula is C27H25N5. The number of hydrogen-bond donors (Lipinski definition) is 0. The lowest BCUT2D eigenvalue weighted by atomic mass is 9.76. The Labute approximate surface area is 187 Å². The van der Waals surface area contributed by atoms with Crippen LogP contribution in [0.1, 0.15) is 29.7 Å². The van der Waals surface area contributed by atoms with Crippen LogP contribution in [0.5, 0.6) is 0 Å². The first-order chi connectivity index (χ1) is 15.7. The number of rotatable bonds is 2. The van der Waals surface area contributed by atoms with Crippen LogP contribution < -0.4 is 4.90 Å². The molecule has 1 aliphatic heterocycles. The zero-order valence-corrected chi connectivity index (χ0v) is 18.3. The molecule has 1 fully saturated rings. The average Bonchev–Trinajstić information content (AvgIpc) is 3.51. The van der Waals surface area contributed by atoms with Crippen molar-refractivity contribution in [1.29, 1.82) is 0 Å². The van der Waals surface area contributed by atoms with Crippen LogP contribution in [-0.4, -0.2) is 32.4 Å². The smallest absolute Gasteiger partial charge is 0.157 e. The normalized spacial score (nSPS) is 17.6. The summed E-state index contributed by atoms with van der Waals surface area (Å²) in [6, 6.07) is 17.4. The van der Waals surface area contributed by atoms with Crippen molar-refractivity contribution in [2.24, 2.45) is 5.41 Å². The maximum absolute atomic E-state index is 5.04. The first-order valence-electron chi connectivity index (χ1n) is 11.5. The molecule has 1 aliphatic carbocycles. The second-order valence-electron chi connectivity index (χ2n) is 9.59. The van der Waals surface area contributed by atoms with Crippen LogP contribution in [0.4, 0.5) is 5.82 Å². The van der Waals surface area contributed by atoms with Crippen LogP contribution in [0.2, 0.25) is 0 Å². The van der Waals surface area contributed by atoms with Crippen molar-refractivity contribution in [2.45, 2.75) is 32.6 Å². The number of aryl methyl sites for hydroxylation is 1. The van der Waals surface area contributed by atoms with Gasteiger partial charge >= 0.3 is 0 Å². The number of pyridine rings is 2. The van der Waals surface area contributed by atoms with Crippen molar-refractivity contribution in [2.75, 3.05) is 18.0 Å². The Balaban J connectivity index is 1.22. The Bertz CT molecular complexity index is 1430. The van der Waals surface area contributed by atoms with Crippen LogP contribution in [0.15, 0.2) is 60.9 Å². The SMILES string of the molecule is Cc1ncccc1-c1ccc2nc(N3CCC4(CC3)Cc3ccccc3C4)c3cnc1n23. The van der Waals surface area contributed by atoms with Gasteiger partial charge in [0.15, 0.2) is 5.82 Å². The summed E-state index contributed by atoms with van der Waals surface area (Å²) in [5, 5.41) is 0. The molecule has 158 valence electrons. The minimum Gasteiger partial charge on any atom is -0.355 e. The van der Waals surface area contributed by atoms with Crippen molar-refractivity contribution in [3.05, 3.63) is 77.7 Å². The van der Waals surface area contributed by atoms with Gasteiger partial charge in [0.05, 0.1) is 6.20 Å². The molecule has 0 saturated carbocycles. The quantitative estimate of drug-likeness (QED) is 0.400. The number of piperidine rings is 1. The lowest BCUT2D eigenvalue weighted by Gasteiger charge is -2.39. The maximum atomic E-state index is 5.04. The molecule has 5 aromatic rings. The number of benzene rings is 1. The number of hydrogen-bond acceptors (Lipinski definition) is 4. The minimum atomic E-state index is 0.434. The molecular weight excluding hydrogens is 394 g/mol. The van der Waals surface area contributed by atoms with Crippen molar-refractivity contribution in [1.82, 2.24) is 19.4 Å². The highest BCUT2D eigenvalue weighted by Crippen LogP contribution is 2.45. The molecule has 1 aromatic carbocycles. The summed E-state index contributed by atoms with van der Waals surface area (Å²) >= 11 is 0. The van der Waals surface area contributed by atoms with Crippen molar-refractivity contribution in [3.63, 3.8) is 0 Å². The molecule has 7 rings (SSSR count). The molecule has 0 radical (unpaired) electrons. The van der Waals surface area contributed by atoms with Crippen LogP contribution in [0, 0.1) is 12.3 Å². The van der Waals surface area contributed by atoms with E-state index in [1.165, 1.54) is 25.7 Å². The molecule has 1 spiro atoms. The van der Waals surface area contributed by atoms with Gasteiger partial charge in [-0.05, 0) is 67.3 Å². The lowest BCUT2D eigenvalue weighted by molar-refractivity contribution is 0.232. The largest absolute Gasteiger partial charge is 0.355 e. The van der Waals surface area contributed by atoms with Crippen LogP contribution in [0.3, 0.4) is 0 Å². The monoisotopic (exact) mass is 419 g/mol. The van der Waals surface area contributed by atoms with Gasteiger partial charge < -0.3 is 4.90 Å². The molecule has 0 N–H and O–H groups in total. The third-order valence-electron chi connectivity index (χ3n) is 7.75. The van der Waals surface area contributed by atoms with E-state index in [9.17, 15) is 0 Å².